The molecule has 0 atom stereocenters. The predicted octanol–water partition coefficient (Wildman–Crippen LogP) is 6.08. The zero-order chi connectivity index (χ0) is 26.1. The lowest BCUT2D eigenvalue weighted by Gasteiger charge is -2.25. The van der Waals surface area contributed by atoms with Gasteiger partial charge in [0.1, 0.15) is 18.1 Å². The molecule has 0 aromatic heterocycles. The highest BCUT2D eigenvalue weighted by Crippen LogP contribution is 2.42. The van der Waals surface area contributed by atoms with Crippen LogP contribution in [0.1, 0.15) is 48.4 Å². The van der Waals surface area contributed by atoms with Gasteiger partial charge in [0.05, 0.1) is 14.0 Å². The van der Waals surface area contributed by atoms with Gasteiger partial charge >= 0.3 is 0 Å². The minimum atomic E-state index is -0.378. The molecule has 3 aromatic rings. The SMILES string of the molecule is [2H]c1c([2H])c([2H])c(C2=C(c3ccc(OCCN4CCCC4)cc3)c3ccc(OC)cc3CC2)c([2H])c1[2H]. The molecule has 1 aliphatic carbocycles. The van der Waals surface area contributed by atoms with Gasteiger partial charge in [-0.05, 0) is 96.4 Å². The maximum Gasteiger partial charge on any atom is 0.119 e. The van der Waals surface area contributed by atoms with Gasteiger partial charge in [-0.2, -0.15) is 0 Å². The molecule has 5 rings (SSSR count). The van der Waals surface area contributed by atoms with Gasteiger partial charge in [-0.1, -0.05) is 48.4 Å². The van der Waals surface area contributed by atoms with Gasteiger partial charge < -0.3 is 9.47 Å². The van der Waals surface area contributed by atoms with Gasteiger partial charge in [0.15, 0.2) is 0 Å². The first kappa shape index (κ1) is 15.7. The zero-order valence-electron chi connectivity index (χ0n) is 23.5. The summed E-state index contributed by atoms with van der Waals surface area (Å²) in [5.41, 5.74) is 4.92. The maximum atomic E-state index is 8.60. The quantitative estimate of drug-likeness (QED) is 0.454. The molecular formula is C29H31NO2. The molecule has 0 N–H and O–H groups in total. The Balaban J connectivity index is 1.57. The topological polar surface area (TPSA) is 21.7 Å². The van der Waals surface area contributed by atoms with Crippen LogP contribution in [0.2, 0.25) is 0 Å². The van der Waals surface area contributed by atoms with E-state index in [9.17, 15) is 0 Å². The summed E-state index contributed by atoms with van der Waals surface area (Å²) in [6.45, 7) is 3.83. The average Bonchev–Trinajstić information content (AvgIpc) is 3.44. The number of aryl methyl sites for hydroxylation is 1. The number of fused-ring (bicyclic) bond motifs is 1. The Morgan fingerprint density at radius 2 is 1.62 bits per heavy atom. The first-order valence-corrected chi connectivity index (χ1v) is 11.3. The standard InChI is InChI=1S/C29H31NO2/c1-31-26-14-16-28-24(21-26)11-15-27(22-7-3-2-4-8-22)29(28)23-9-12-25(13-10-23)32-20-19-30-17-5-6-18-30/h2-4,7-10,12-14,16,21H,5-6,11,15,17-20H2,1H3/i2D,3D,4D,7D,8D. The summed E-state index contributed by atoms with van der Waals surface area (Å²) in [6, 6.07) is 12.5. The van der Waals surface area contributed by atoms with Gasteiger partial charge in [0.2, 0.25) is 0 Å². The molecule has 3 aromatic carbocycles. The summed E-state index contributed by atoms with van der Waals surface area (Å²) in [6.07, 6.45) is 3.75. The molecular weight excluding hydrogens is 394 g/mol. The highest BCUT2D eigenvalue weighted by molar-refractivity contribution is 6.00. The summed E-state index contributed by atoms with van der Waals surface area (Å²) in [5, 5.41) is 0. The van der Waals surface area contributed by atoms with Crippen molar-refractivity contribution in [1.29, 1.82) is 0 Å². The van der Waals surface area contributed by atoms with Crippen LogP contribution in [-0.2, 0) is 6.42 Å². The van der Waals surface area contributed by atoms with E-state index in [2.05, 4.69) is 4.90 Å². The number of rotatable bonds is 7. The molecule has 1 aliphatic heterocycles. The lowest BCUT2D eigenvalue weighted by atomic mass is 9.79. The van der Waals surface area contributed by atoms with Gasteiger partial charge in [-0.3, -0.25) is 4.90 Å². The fourth-order valence-electron chi connectivity index (χ4n) is 4.69. The molecule has 3 heteroatoms. The summed E-state index contributed by atoms with van der Waals surface area (Å²) in [5.74, 6) is 1.56. The molecule has 1 heterocycles. The Bertz CT molecular complexity index is 1320. The number of hydrogen-bond donors (Lipinski definition) is 0. The minimum absolute atomic E-state index is 0.169. The Labute approximate surface area is 198 Å². The van der Waals surface area contributed by atoms with E-state index in [0.29, 0.717) is 19.4 Å². The second kappa shape index (κ2) is 9.62. The van der Waals surface area contributed by atoms with Crippen molar-refractivity contribution in [3.05, 3.63) is 94.9 Å². The molecule has 3 nitrogen and oxygen atoms in total. The lowest BCUT2D eigenvalue weighted by Crippen LogP contribution is -2.25. The van der Waals surface area contributed by atoms with E-state index in [-0.39, 0.29) is 35.8 Å². The molecule has 0 spiro atoms. The van der Waals surface area contributed by atoms with Crippen molar-refractivity contribution in [3.63, 3.8) is 0 Å². The number of methoxy groups -OCH3 is 1. The summed E-state index contributed by atoms with van der Waals surface area (Å²) < 4.78 is 53.1. The fraction of sp³-hybridized carbons (Fsp3) is 0.310. The predicted molar refractivity (Wildman–Crippen MR) is 131 cm³/mol. The van der Waals surface area contributed by atoms with E-state index in [0.717, 1.165) is 59.0 Å². The molecule has 164 valence electrons. The van der Waals surface area contributed by atoms with Crippen LogP contribution in [-0.4, -0.2) is 38.3 Å². The van der Waals surface area contributed by atoms with Crippen molar-refractivity contribution in [2.24, 2.45) is 0 Å². The molecule has 1 fully saturated rings. The van der Waals surface area contributed by atoms with E-state index in [1.807, 2.05) is 42.5 Å². The normalized spacial score (nSPS) is 18.3. The van der Waals surface area contributed by atoms with Crippen LogP contribution in [0.15, 0.2) is 72.7 Å². The molecule has 0 bridgehead atoms. The minimum Gasteiger partial charge on any atom is -0.497 e. The van der Waals surface area contributed by atoms with Gasteiger partial charge in [-0.15, -0.1) is 0 Å². The van der Waals surface area contributed by atoms with Crippen LogP contribution in [0.4, 0.5) is 0 Å². The Kier molecular flexibility index (Phi) is 4.72. The largest absolute Gasteiger partial charge is 0.497 e. The smallest absolute Gasteiger partial charge is 0.119 e. The number of allylic oxidation sites excluding steroid dienone is 1. The monoisotopic (exact) mass is 430 g/mol. The van der Waals surface area contributed by atoms with Crippen LogP contribution in [0.3, 0.4) is 0 Å². The fourth-order valence-corrected chi connectivity index (χ4v) is 4.69. The van der Waals surface area contributed by atoms with E-state index < -0.39 is 0 Å². The zero-order valence-corrected chi connectivity index (χ0v) is 18.5. The molecule has 0 amide bonds. The number of likely N-dealkylation sites (tertiary alicyclic amines) is 1. The first-order valence-electron chi connectivity index (χ1n) is 13.8. The van der Waals surface area contributed by atoms with Crippen LogP contribution in [0, 0.1) is 0 Å². The van der Waals surface area contributed by atoms with Crippen molar-refractivity contribution < 1.29 is 16.3 Å². The van der Waals surface area contributed by atoms with Crippen molar-refractivity contribution >= 4 is 11.1 Å². The third kappa shape index (κ3) is 4.44. The number of hydrogen-bond acceptors (Lipinski definition) is 3. The number of benzene rings is 3. The number of ether oxygens (including phenoxy) is 2. The van der Waals surface area contributed by atoms with Gasteiger partial charge in [-0.25, -0.2) is 0 Å². The third-order valence-electron chi connectivity index (χ3n) is 6.35. The Morgan fingerprint density at radius 3 is 2.38 bits per heavy atom. The first-order chi connectivity index (χ1) is 17.9. The van der Waals surface area contributed by atoms with Crippen LogP contribution < -0.4 is 9.47 Å². The summed E-state index contributed by atoms with van der Waals surface area (Å²) >= 11 is 0. The third-order valence-corrected chi connectivity index (χ3v) is 6.35. The lowest BCUT2D eigenvalue weighted by molar-refractivity contribution is 0.238. The molecule has 0 unspecified atom stereocenters. The van der Waals surface area contributed by atoms with Crippen LogP contribution in [0.25, 0.3) is 11.1 Å². The van der Waals surface area contributed by atoms with Gasteiger partial charge in [0.25, 0.3) is 0 Å². The van der Waals surface area contributed by atoms with Crippen LogP contribution >= 0.6 is 0 Å². The molecule has 1 saturated heterocycles. The molecule has 0 radical (unpaired) electrons. The second-order valence-electron chi connectivity index (χ2n) is 8.30. The van der Waals surface area contributed by atoms with E-state index >= 15 is 0 Å². The van der Waals surface area contributed by atoms with E-state index in [4.69, 9.17) is 16.3 Å². The average molecular weight is 431 g/mol. The van der Waals surface area contributed by atoms with Crippen LogP contribution in [0.5, 0.6) is 11.5 Å². The Morgan fingerprint density at radius 1 is 0.875 bits per heavy atom. The maximum absolute atomic E-state index is 8.60. The van der Waals surface area contributed by atoms with Crippen molar-refractivity contribution in [2.75, 3.05) is 33.4 Å². The summed E-state index contributed by atoms with van der Waals surface area (Å²) in [7, 11) is 1.64. The van der Waals surface area contributed by atoms with Gasteiger partial charge in [0, 0.05) is 6.54 Å². The molecule has 32 heavy (non-hydrogen) atoms. The highest BCUT2D eigenvalue weighted by Gasteiger charge is 2.22. The molecule has 2 aliphatic rings. The molecule has 0 saturated carbocycles. The Hall–Kier alpha value is -3.04. The number of nitrogens with zero attached hydrogens (tertiary/aromatic N) is 1. The summed E-state index contributed by atoms with van der Waals surface area (Å²) in [4.78, 5) is 2.42. The van der Waals surface area contributed by atoms with Crippen molar-refractivity contribution in [3.8, 4) is 11.5 Å². The van der Waals surface area contributed by atoms with E-state index in [1.54, 1.807) is 7.11 Å². The van der Waals surface area contributed by atoms with Crippen molar-refractivity contribution in [2.45, 2.75) is 25.7 Å². The second-order valence-corrected chi connectivity index (χ2v) is 8.30. The van der Waals surface area contributed by atoms with Crippen molar-refractivity contribution in [1.82, 2.24) is 4.90 Å². The van der Waals surface area contributed by atoms with E-state index in [1.165, 1.54) is 12.8 Å². The highest BCUT2D eigenvalue weighted by atomic mass is 16.5.